The van der Waals surface area contributed by atoms with Gasteiger partial charge in [-0.25, -0.2) is 0 Å². The third-order valence-electron chi connectivity index (χ3n) is 5.94. The number of rotatable bonds is 7. The zero-order valence-electron chi connectivity index (χ0n) is 17.4. The van der Waals surface area contributed by atoms with Gasteiger partial charge in [0.2, 0.25) is 0 Å². The average Bonchev–Trinajstić information content (AvgIpc) is 2.65. The highest BCUT2D eigenvalue weighted by molar-refractivity contribution is 5.79. The van der Waals surface area contributed by atoms with Crippen LogP contribution in [0.25, 0.3) is 0 Å². The Balaban J connectivity index is 1.87. The second-order valence-corrected chi connectivity index (χ2v) is 8.00. The molecule has 0 spiro atoms. The number of hydrogen-bond acceptors (Lipinski definition) is 5. The van der Waals surface area contributed by atoms with Gasteiger partial charge in [0, 0.05) is 58.0 Å². The minimum Gasteiger partial charge on any atom is -0.381 e. The van der Waals surface area contributed by atoms with Crippen molar-refractivity contribution in [2.45, 2.75) is 38.3 Å². The Morgan fingerprint density at radius 2 is 1.69 bits per heavy atom. The van der Waals surface area contributed by atoms with E-state index in [9.17, 15) is 0 Å². The van der Waals surface area contributed by atoms with Crippen LogP contribution in [0.15, 0.2) is 4.99 Å². The van der Waals surface area contributed by atoms with E-state index in [2.05, 4.69) is 53.4 Å². The summed E-state index contributed by atoms with van der Waals surface area (Å²) in [4.78, 5) is 9.31. The summed E-state index contributed by atoms with van der Waals surface area (Å²) in [5.41, 5.74) is 0.136. The van der Waals surface area contributed by atoms with Crippen molar-refractivity contribution in [3.63, 3.8) is 0 Å². The van der Waals surface area contributed by atoms with E-state index in [-0.39, 0.29) is 5.54 Å². The predicted molar refractivity (Wildman–Crippen MR) is 107 cm³/mol. The van der Waals surface area contributed by atoms with Gasteiger partial charge in [0.25, 0.3) is 0 Å². The molecule has 2 aliphatic heterocycles. The van der Waals surface area contributed by atoms with Gasteiger partial charge in [-0.2, -0.15) is 0 Å². The minimum atomic E-state index is 0.136. The van der Waals surface area contributed by atoms with Gasteiger partial charge in [-0.1, -0.05) is 13.8 Å². The zero-order valence-corrected chi connectivity index (χ0v) is 17.4. The van der Waals surface area contributed by atoms with Crippen LogP contribution in [0.4, 0.5) is 0 Å². The highest BCUT2D eigenvalue weighted by Crippen LogP contribution is 2.25. The molecule has 7 nitrogen and oxygen atoms in total. The first kappa shape index (κ1) is 21.4. The average molecular weight is 370 g/mol. The molecule has 0 radical (unpaired) electrons. The topological polar surface area (TPSA) is 61.4 Å². The number of likely N-dealkylation sites (N-methyl/N-ethyl adjacent to an activating group) is 1. The van der Waals surface area contributed by atoms with Gasteiger partial charge in [-0.05, 0) is 32.9 Å². The lowest BCUT2D eigenvalue weighted by Crippen LogP contribution is -2.58. The Morgan fingerprint density at radius 1 is 1.08 bits per heavy atom. The Morgan fingerprint density at radius 3 is 2.23 bits per heavy atom. The van der Waals surface area contributed by atoms with E-state index in [4.69, 9.17) is 9.47 Å². The summed E-state index contributed by atoms with van der Waals surface area (Å²) in [5.74, 6) is 1.47. The van der Waals surface area contributed by atoms with Crippen molar-refractivity contribution in [1.82, 2.24) is 20.4 Å². The predicted octanol–water partition coefficient (Wildman–Crippen LogP) is 0.619. The first-order valence-electron chi connectivity index (χ1n) is 10.00. The summed E-state index contributed by atoms with van der Waals surface area (Å²) in [7, 11) is 6.17. The zero-order chi connectivity index (χ0) is 19.0. The van der Waals surface area contributed by atoms with Gasteiger partial charge in [-0.3, -0.25) is 9.89 Å². The van der Waals surface area contributed by atoms with Gasteiger partial charge in [0.1, 0.15) is 0 Å². The first-order chi connectivity index (χ1) is 12.5. The van der Waals surface area contributed by atoms with E-state index in [1.165, 1.54) is 0 Å². The molecule has 7 heteroatoms. The third-order valence-corrected chi connectivity index (χ3v) is 5.94. The summed E-state index contributed by atoms with van der Waals surface area (Å²) in [6.07, 6.45) is 2.10. The SMILES string of the molecule is CN=C(NCC(C(C)C)N1CCOCC1)NCC1(N(C)C)CCOCC1. The highest BCUT2D eigenvalue weighted by Gasteiger charge is 2.35. The van der Waals surface area contributed by atoms with E-state index in [1.807, 2.05) is 7.05 Å². The maximum Gasteiger partial charge on any atom is 0.191 e. The number of aliphatic imine (C=N–C) groups is 1. The monoisotopic (exact) mass is 369 g/mol. The van der Waals surface area contributed by atoms with Crippen LogP contribution in [-0.2, 0) is 9.47 Å². The molecule has 0 aromatic rings. The van der Waals surface area contributed by atoms with Crippen molar-refractivity contribution in [3.05, 3.63) is 0 Å². The lowest BCUT2D eigenvalue weighted by molar-refractivity contribution is -0.00513. The largest absolute Gasteiger partial charge is 0.381 e. The van der Waals surface area contributed by atoms with Crippen molar-refractivity contribution in [2.75, 3.05) is 73.7 Å². The standard InChI is InChI=1S/C19H39N5O2/c1-16(2)17(24-8-12-26-13-9-24)14-21-18(20-3)22-15-19(23(4)5)6-10-25-11-7-19/h16-17H,6-15H2,1-5H3,(H2,20,21,22). The molecule has 152 valence electrons. The highest BCUT2D eigenvalue weighted by atomic mass is 16.5. The second kappa shape index (κ2) is 10.4. The fraction of sp³-hybridized carbons (Fsp3) is 0.947. The summed E-state index contributed by atoms with van der Waals surface area (Å²) in [5, 5.41) is 7.11. The van der Waals surface area contributed by atoms with Gasteiger partial charge in [0.15, 0.2) is 5.96 Å². The van der Waals surface area contributed by atoms with E-state index >= 15 is 0 Å². The molecule has 2 aliphatic rings. The summed E-state index contributed by atoms with van der Waals surface area (Å²) in [6.45, 7) is 11.7. The molecule has 0 bridgehead atoms. The molecular formula is C19H39N5O2. The lowest BCUT2D eigenvalue weighted by Gasteiger charge is -2.43. The van der Waals surface area contributed by atoms with Crippen LogP contribution in [0.1, 0.15) is 26.7 Å². The molecular weight excluding hydrogens is 330 g/mol. The van der Waals surface area contributed by atoms with Crippen LogP contribution < -0.4 is 10.6 Å². The molecule has 2 fully saturated rings. The molecule has 0 saturated carbocycles. The Kier molecular flexibility index (Phi) is 8.60. The Hall–Kier alpha value is -0.890. The fourth-order valence-corrected chi connectivity index (χ4v) is 3.90. The maximum atomic E-state index is 5.56. The van der Waals surface area contributed by atoms with Crippen LogP contribution in [0.2, 0.25) is 0 Å². The van der Waals surface area contributed by atoms with Crippen LogP contribution >= 0.6 is 0 Å². The molecule has 0 aromatic carbocycles. The van der Waals surface area contributed by atoms with Gasteiger partial charge >= 0.3 is 0 Å². The van der Waals surface area contributed by atoms with Crippen molar-refractivity contribution in [1.29, 1.82) is 0 Å². The van der Waals surface area contributed by atoms with Gasteiger partial charge in [0.05, 0.1) is 13.2 Å². The number of nitrogens with one attached hydrogen (secondary N) is 2. The lowest BCUT2D eigenvalue weighted by atomic mass is 9.88. The molecule has 2 saturated heterocycles. The number of ether oxygens (including phenoxy) is 2. The quantitative estimate of drug-likeness (QED) is 0.507. The van der Waals surface area contributed by atoms with E-state index in [1.54, 1.807) is 0 Å². The van der Waals surface area contributed by atoms with Gasteiger partial charge < -0.3 is 25.0 Å². The summed E-state index contributed by atoms with van der Waals surface area (Å²) in [6, 6.07) is 0.489. The number of nitrogens with zero attached hydrogens (tertiary/aromatic N) is 3. The first-order valence-corrected chi connectivity index (χ1v) is 10.00. The number of morpholine rings is 1. The molecule has 0 amide bonds. The molecule has 26 heavy (non-hydrogen) atoms. The molecule has 1 unspecified atom stereocenters. The number of hydrogen-bond donors (Lipinski definition) is 2. The summed E-state index contributed by atoms with van der Waals surface area (Å²) < 4.78 is 11.1. The Bertz CT molecular complexity index is 430. The molecule has 1 atom stereocenters. The van der Waals surface area contributed by atoms with Crippen molar-refractivity contribution < 1.29 is 9.47 Å². The van der Waals surface area contributed by atoms with E-state index in [0.29, 0.717) is 12.0 Å². The van der Waals surface area contributed by atoms with Crippen molar-refractivity contribution in [2.24, 2.45) is 10.9 Å². The molecule has 2 N–H and O–H groups in total. The Labute approximate surface area is 159 Å². The normalized spacial score (nSPS) is 23.3. The van der Waals surface area contributed by atoms with E-state index in [0.717, 1.165) is 71.4 Å². The van der Waals surface area contributed by atoms with Crippen LogP contribution in [0.3, 0.4) is 0 Å². The van der Waals surface area contributed by atoms with Crippen molar-refractivity contribution >= 4 is 5.96 Å². The number of guanidine groups is 1. The molecule has 0 aromatic heterocycles. The maximum absolute atomic E-state index is 5.56. The van der Waals surface area contributed by atoms with Crippen LogP contribution in [-0.4, -0.2) is 101 Å². The molecule has 2 heterocycles. The third kappa shape index (κ3) is 5.81. The molecule has 0 aliphatic carbocycles. The van der Waals surface area contributed by atoms with Crippen LogP contribution in [0, 0.1) is 5.92 Å². The fourth-order valence-electron chi connectivity index (χ4n) is 3.90. The summed E-state index contributed by atoms with van der Waals surface area (Å²) >= 11 is 0. The van der Waals surface area contributed by atoms with Crippen LogP contribution in [0.5, 0.6) is 0 Å². The van der Waals surface area contributed by atoms with Crippen molar-refractivity contribution in [3.8, 4) is 0 Å². The molecule has 2 rings (SSSR count). The minimum absolute atomic E-state index is 0.136. The second-order valence-electron chi connectivity index (χ2n) is 8.00. The van der Waals surface area contributed by atoms with Gasteiger partial charge in [-0.15, -0.1) is 0 Å². The van der Waals surface area contributed by atoms with E-state index < -0.39 is 0 Å². The smallest absolute Gasteiger partial charge is 0.191 e.